The van der Waals surface area contributed by atoms with Crippen molar-refractivity contribution in [3.63, 3.8) is 0 Å². The van der Waals surface area contributed by atoms with Crippen LogP contribution in [0.25, 0.3) is 0 Å². The van der Waals surface area contributed by atoms with Crippen molar-refractivity contribution in [2.75, 3.05) is 0 Å². The topological polar surface area (TPSA) is 51.2 Å². The molecular weight excluding hydrogens is 536 g/mol. The molecule has 0 saturated carbocycles. The molecule has 1 aromatic heterocycles. The van der Waals surface area contributed by atoms with Crippen LogP contribution < -0.4 is 10.1 Å². The lowest BCUT2D eigenvalue weighted by atomic mass is 9.80. The third-order valence-corrected chi connectivity index (χ3v) is 5.29. The predicted molar refractivity (Wildman–Crippen MR) is 117 cm³/mol. The number of hydrogen-bond donors (Lipinski definition) is 1. The second-order valence-electron chi connectivity index (χ2n) is 7.91. The number of nitrogens with one attached hydrogen (secondary N) is 1. The van der Waals surface area contributed by atoms with Crippen LogP contribution in [-0.2, 0) is 16.8 Å². The third kappa shape index (κ3) is 7.31. The Hall–Kier alpha value is -3.41. The van der Waals surface area contributed by atoms with Crippen molar-refractivity contribution in [1.29, 1.82) is 0 Å². The molecule has 0 aliphatic rings. The first-order valence-corrected chi connectivity index (χ1v) is 10.8. The molecule has 3 rings (SSSR count). The van der Waals surface area contributed by atoms with Gasteiger partial charge >= 0.3 is 18.7 Å². The van der Waals surface area contributed by atoms with Crippen LogP contribution in [0.4, 0.5) is 35.1 Å². The van der Waals surface area contributed by atoms with Gasteiger partial charge in [-0.25, -0.2) is 4.39 Å². The average molecular weight is 553 g/mol. The fourth-order valence-corrected chi connectivity index (χ4v) is 3.70. The smallest absolute Gasteiger partial charge is 0.428 e. The van der Waals surface area contributed by atoms with Crippen LogP contribution >= 0.6 is 11.6 Å². The van der Waals surface area contributed by atoms with Gasteiger partial charge in [-0.05, 0) is 35.4 Å². The lowest BCUT2D eigenvalue weighted by molar-refractivity contribution is -0.253. The molecule has 3 aromatic rings. The number of benzene rings is 2. The number of ether oxygens (including phenoxy) is 1. The minimum Gasteiger partial charge on any atom is -0.428 e. The lowest BCUT2D eigenvalue weighted by Crippen LogP contribution is -2.50. The molecule has 0 radical (unpaired) electrons. The van der Waals surface area contributed by atoms with E-state index in [0.29, 0.717) is 17.7 Å². The van der Waals surface area contributed by atoms with Crippen molar-refractivity contribution in [2.45, 2.75) is 37.1 Å². The van der Waals surface area contributed by atoms with Gasteiger partial charge < -0.3 is 10.1 Å². The molecular formula is C24H17ClF8N2O2. The van der Waals surface area contributed by atoms with Crippen LogP contribution in [0, 0.1) is 5.82 Å². The molecule has 198 valence electrons. The first kappa shape index (κ1) is 28.2. The normalized spacial score (nSPS) is 13.8. The molecule has 0 bridgehead atoms. The Kier molecular flexibility index (Phi) is 8.31. The van der Waals surface area contributed by atoms with Crippen molar-refractivity contribution in [3.05, 3.63) is 94.5 Å². The number of amides is 1. The number of hydrogen-bond acceptors (Lipinski definition) is 3. The van der Waals surface area contributed by atoms with Crippen molar-refractivity contribution in [2.24, 2.45) is 0 Å². The first-order chi connectivity index (χ1) is 17.2. The molecule has 0 spiro atoms. The molecule has 1 atom stereocenters. The van der Waals surface area contributed by atoms with Crippen LogP contribution in [0.3, 0.4) is 0 Å². The van der Waals surface area contributed by atoms with Gasteiger partial charge in [-0.1, -0.05) is 41.9 Å². The second kappa shape index (κ2) is 10.9. The molecule has 13 heteroatoms. The molecule has 37 heavy (non-hydrogen) atoms. The summed E-state index contributed by atoms with van der Waals surface area (Å²) in [6, 6.07) is 12.2. The molecule has 0 aliphatic heterocycles. The quantitative estimate of drug-likeness (QED) is 0.302. The maximum absolute atomic E-state index is 14.6. The fraction of sp³-hybridized carbons (Fsp3) is 0.250. The number of carbonyl (C=O) groups is 1. The Morgan fingerprint density at radius 2 is 1.68 bits per heavy atom. The molecule has 1 N–H and O–H groups in total. The summed E-state index contributed by atoms with van der Waals surface area (Å²) in [6.07, 6.45) is -15.4. The van der Waals surface area contributed by atoms with E-state index in [2.05, 4.69) is 15.0 Å². The van der Waals surface area contributed by atoms with Gasteiger partial charge in [0.15, 0.2) is 0 Å². The van der Waals surface area contributed by atoms with Crippen LogP contribution in [-0.4, -0.2) is 29.6 Å². The lowest BCUT2D eigenvalue weighted by Gasteiger charge is -2.36. The number of alkyl halides is 7. The Morgan fingerprint density at radius 3 is 2.24 bits per heavy atom. The van der Waals surface area contributed by atoms with Crippen LogP contribution in [0.1, 0.15) is 23.2 Å². The van der Waals surface area contributed by atoms with Crippen molar-refractivity contribution in [1.82, 2.24) is 10.3 Å². The summed E-state index contributed by atoms with van der Waals surface area (Å²) < 4.78 is 110. The highest BCUT2D eigenvalue weighted by Crippen LogP contribution is 2.37. The van der Waals surface area contributed by atoms with Gasteiger partial charge in [0.1, 0.15) is 23.5 Å². The SMILES string of the molecule is O=C(CC(F)(F)F)NC(Cc1ccccc1)(c1cc(F)cc(OC(F)(F)C(F)F)c1)c1ccc(Cl)cn1. The molecule has 1 unspecified atom stereocenters. The number of rotatable bonds is 9. The largest absolute Gasteiger partial charge is 0.461 e. The standard InChI is InChI=1S/C24H17ClF8N2O2/c25-16-6-7-19(34-13-16)22(11-14-4-2-1-3-5-14,35-20(36)12-23(29,30)31)15-8-17(26)10-18(9-15)37-24(32,33)21(27)28/h1-10,13,21H,11-12H2,(H,35,36). The van der Waals surface area contributed by atoms with E-state index < -0.39 is 53.7 Å². The molecule has 0 fully saturated rings. The monoisotopic (exact) mass is 552 g/mol. The molecule has 4 nitrogen and oxygen atoms in total. The molecule has 1 amide bonds. The van der Waals surface area contributed by atoms with Gasteiger partial charge in [0.25, 0.3) is 0 Å². The summed E-state index contributed by atoms with van der Waals surface area (Å²) in [5.41, 5.74) is -2.24. The van der Waals surface area contributed by atoms with E-state index in [1.807, 2.05) is 0 Å². The summed E-state index contributed by atoms with van der Waals surface area (Å²) >= 11 is 5.88. The van der Waals surface area contributed by atoms with E-state index in [9.17, 15) is 39.9 Å². The van der Waals surface area contributed by atoms with E-state index >= 15 is 0 Å². The third-order valence-electron chi connectivity index (χ3n) is 5.06. The van der Waals surface area contributed by atoms with E-state index in [1.165, 1.54) is 12.1 Å². The van der Waals surface area contributed by atoms with E-state index in [1.54, 1.807) is 30.3 Å². The van der Waals surface area contributed by atoms with Crippen LogP contribution in [0.2, 0.25) is 5.02 Å². The number of pyridine rings is 1. The summed E-state index contributed by atoms with van der Waals surface area (Å²) in [5, 5.41) is 2.32. The Bertz CT molecular complexity index is 1220. The van der Waals surface area contributed by atoms with Gasteiger partial charge in [-0.15, -0.1) is 0 Å². The molecule has 1 heterocycles. The second-order valence-corrected chi connectivity index (χ2v) is 8.35. The zero-order valence-corrected chi connectivity index (χ0v) is 19.3. The Labute approximate surface area is 210 Å². The van der Waals surface area contributed by atoms with Gasteiger partial charge in [-0.2, -0.15) is 30.7 Å². The van der Waals surface area contributed by atoms with Crippen LogP contribution in [0.5, 0.6) is 5.75 Å². The maximum Gasteiger partial charge on any atom is 0.461 e. The number of halogens is 9. The van der Waals surface area contributed by atoms with Crippen molar-refractivity contribution in [3.8, 4) is 5.75 Å². The summed E-state index contributed by atoms with van der Waals surface area (Å²) in [4.78, 5) is 16.6. The highest BCUT2D eigenvalue weighted by Gasteiger charge is 2.45. The minimum atomic E-state index is -5.01. The average Bonchev–Trinajstić information content (AvgIpc) is 2.77. The van der Waals surface area contributed by atoms with Crippen molar-refractivity contribution < 1.29 is 44.7 Å². The zero-order chi connectivity index (χ0) is 27.4. The number of aromatic nitrogens is 1. The van der Waals surface area contributed by atoms with Gasteiger partial charge in [-0.3, -0.25) is 9.78 Å². The van der Waals surface area contributed by atoms with E-state index in [-0.39, 0.29) is 17.1 Å². The molecule has 2 aromatic carbocycles. The maximum atomic E-state index is 14.6. The van der Waals surface area contributed by atoms with Crippen molar-refractivity contribution >= 4 is 17.5 Å². The Balaban J connectivity index is 2.25. The van der Waals surface area contributed by atoms with E-state index in [0.717, 1.165) is 12.3 Å². The molecule has 0 saturated heterocycles. The number of carbonyl (C=O) groups excluding carboxylic acids is 1. The highest BCUT2D eigenvalue weighted by atomic mass is 35.5. The predicted octanol–water partition coefficient (Wildman–Crippen LogP) is 6.67. The van der Waals surface area contributed by atoms with Crippen LogP contribution in [0.15, 0.2) is 66.9 Å². The first-order valence-electron chi connectivity index (χ1n) is 10.4. The van der Waals surface area contributed by atoms with Gasteiger partial charge in [0, 0.05) is 18.7 Å². The van der Waals surface area contributed by atoms with Gasteiger partial charge in [0.2, 0.25) is 5.91 Å². The van der Waals surface area contributed by atoms with E-state index in [4.69, 9.17) is 11.6 Å². The summed E-state index contributed by atoms with van der Waals surface area (Å²) in [5.74, 6) is -3.87. The Morgan fingerprint density at radius 1 is 1.00 bits per heavy atom. The fourth-order valence-electron chi connectivity index (χ4n) is 3.59. The molecule has 0 aliphatic carbocycles. The highest BCUT2D eigenvalue weighted by molar-refractivity contribution is 6.30. The summed E-state index contributed by atoms with van der Waals surface area (Å²) in [7, 11) is 0. The van der Waals surface area contributed by atoms with Gasteiger partial charge in [0.05, 0.1) is 10.7 Å². The number of nitrogens with zero attached hydrogens (tertiary/aromatic N) is 1. The zero-order valence-electron chi connectivity index (χ0n) is 18.5. The summed E-state index contributed by atoms with van der Waals surface area (Å²) in [6.45, 7) is 0. The minimum absolute atomic E-state index is 0.110.